The first kappa shape index (κ1) is 18.3. The van der Waals surface area contributed by atoms with Crippen LogP contribution in [0.1, 0.15) is 10.4 Å². The van der Waals surface area contributed by atoms with Gasteiger partial charge in [-0.2, -0.15) is 5.26 Å². The van der Waals surface area contributed by atoms with Crippen LogP contribution in [0.2, 0.25) is 0 Å². The summed E-state index contributed by atoms with van der Waals surface area (Å²) >= 11 is 1.62. The average Bonchev–Trinajstić information content (AvgIpc) is 3.16. The van der Waals surface area contributed by atoms with Crippen molar-refractivity contribution in [3.63, 3.8) is 0 Å². The molecular weight excluding hydrogens is 336 g/mol. The van der Waals surface area contributed by atoms with Gasteiger partial charge >= 0.3 is 0 Å². The zero-order valence-corrected chi connectivity index (χ0v) is 14.6. The van der Waals surface area contributed by atoms with Crippen molar-refractivity contribution in [2.24, 2.45) is 0 Å². The molecule has 25 heavy (non-hydrogen) atoms. The lowest BCUT2D eigenvalue weighted by molar-refractivity contribution is -0.116. The summed E-state index contributed by atoms with van der Waals surface area (Å²) in [5.74, 6) is 0.691. The molecule has 0 aliphatic heterocycles. The van der Waals surface area contributed by atoms with Gasteiger partial charge in [0.15, 0.2) is 11.5 Å². The first-order chi connectivity index (χ1) is 12.2. The fourth-order valence-electron chi connectivity index (χ4n) is 2.01. The average molecular weight is 354 g/mol. The maximum absolute atomic E-state index is 11.9. The standard InChI is InChI=1S/C19H18N2O3S/c1-3-8-21-19(22)15(12-20)10-14-6-7-17(18(11-14)23-2)24-13-16-5-4-9-25-16/h3-7,9-11H,1,8,13H2,2H3,(H,21,22)/b15-10+. The number of nitriles is 1. The van der Waals surface area contributed by atoms with Crippen LogP contribution in [-0.4, -0.2) is 19.6 Å². The molecule has 128 valence electrons. The van der Waals surface area contributed by atoms with Gasteiger partial charge in [-0.25, -0.2) is 0 Å². The molecule has 1 aromatic heterocycles. The van der Waals surface area contributed by atoms with E-state index in [1.165, 1.54) is 6.08 Å². The van der Waals surface area contributed by atoms with Crippen molar-refractivity contribution in [2.75, 3.05) is 13.7 Å². The highest BCUT2D eigenvalue weighted by atomic mass is 32.1. The van der Waals surface area contributed by atoms with E-state index in [4.69, 9.17) is 14.7 Å². The van der Waals surface area contributed by atoms with Crippen LogP contribution in [0.25, 0.3) is 6.08 Å². The Morgan fingerprint density at radius 1 is 1.40 bits per heavy atom. The normalized spacial score (nSPS) is 10.6. The quantitative estimate of drug-likeness (QED) is 0.447. The zero-order valence-electron chi connectivity index (χ0n) is 13.8. The third kappa shape index (κ3) is 5.23. The number of ether oxygens (including phenoxy) is 2. The molecule has 1 aromatic carbocycles. The van der Waals surface area contributed by atoms with E-state index in [0.717, 1.165) is 4.88 Å². The highest BCUT2D eigenvalue weighted by molar-refractivity contribution is 7.09. The minimum absolute atomic E-state index is 0.0103. The molecule has 0 bridgehead atoms. The molecule has 5 nitrogen and oxygen atoms in total. The van der Waals surface area contributed by atoms with Gasteiger partial charge in [0.2, 0.25) is 0 Å². The predicted molar refractivity (Wildman–Crippen MR) is 98.4 cm³/mol. The van der Waals surface area contributed by atoms with Crippen molar-refractivity contribution in [1.29, 1.82) is 5.26 Å². The number of rotatable bonds is 8. The Hall–Kier alpha value is -3.04. The fraction of sp³-hybridized carbons (Fsp3) is 0.158. The number of methoxy groups -OCH3 is 1. The molecule has 0 radical (unpaired) electrons. The number of hydrogen-bond acceptors (Lipinski definition) is 5. The molecule has 0 unspecified atom stereocenters. The van der Waals surface area contributed by atoms with Crippen molar-refractivity contribution in [1.82, 2.24) is 5.32 Å². The molecule has 0 spiro atoms. The van der Waals surface area contributed by atoms with Crippen molar-refractivity contribution in [2.45, 2.75) is 6.61 Å². The van der Waals surface area contributed by atoms with Gasteiger partial charge in [0.25, 0.3) is 5.91 Å². The van der Waals surface area contributed by atoms with Crippen LogP contribution in [0.5, 0.6) is 11.5 Å². The van der Waals surface area contributed by atoms with Gasteiger partial charge < -0.3 is 14.8 Å². The summed E-state index contributed by atoms with van der Waals surface area (Å²) in [4.78, 5) is 13.0. The lowest BCUT2D eigenvalue weighted by Gasteiger charge is -2.11. The summed E-state index contributed by atoms with van der Waals surface area (Å²) in [5.41, 5.74) is 0.682. The largest absolute Gasteiger partial charge is 0.493 e. The molecule has 2 aromatic rings. The van der Waals surface area contributed by atoms with Gasteiger partial charge in [0.05, 0.1) is 7.11 Å². The number of thiophene rings is 1. The van der Waals surface area contributed by atoms with Crippen LogP contribution >= 0.6 is 11.3 Å². The van der Waals surface area contributed by atoms with Gasteiger partial charge in [-0.3, -0.25) is 4.79 Å². The van der Waals surface area contributed by atoms with Crippen molar-refractivity contribution in [3.8, 4) is 17.6 Å². The van der Waals surface area contributed by atoms with Gasteiger partial charge in [0, 0.05) is 11.4 Å². The van der Waals surface area contributed by atoms with Gasteiger partial charge in [-0.15, -0.1) is 17.9 Å². The van der Waals surface area contributed by atoms with Crippen molar-refractivity contribution in [3.05, 3.63) is 64.4 Å². The van der Waals surface area contributed by atoms with Crippen molar-refractivity contribution < 1.29 is 14.3 Å². The Labute approximate surface area is 150 Å². The molecule has 0 aliphatic rings. The molecule has 0 saturated heterocycles. The predicted octanol–water partition coefficient (Wildman–Crippen LogP) is 3.54. The molecule has 0 saturated carbocycles. The Kier molecular flexibility index (Phi) is 6.81. The van der Waals surface area contributed by atoms with E-state index in [2.05, 4.69) is 11.9 Å². The third-order valence-electron chi connectivity index (χ3n) is 3.22. The smallest absolute Gasteiger partial charge is 0.262 e. The van der Waals surface area contributed by atoms with E-state index in [9.17, 15) is 4.79 Å². The highest BCUT2D eigenvalue weighted by Gasteiger charge is 2.10. The summed E-state index contributed by atoms with van der Waals surface area (Å²) in [6.07, 6.45) is 3.06. The number of benzene rings is 1. The summed E-state index contributed by atoms with van der Waals surface area (Å²) in [5, 5.41) is 13.7. The Balaban J connectivity index is 2.16. The second-order valence-electron chi connectivity index (χ2n) is 4.95. The van der Waals surface area contributed by atoms with E-state index >= 15 is 0 Å². The van der Waals surface area contributed by atoms with E-state index in [1.807, 2.05) is 23.6 Å². The Morgan fingerprint density at radius 2 is 2.24 bits per heavy atom. The number of carbonyl (C=O) groups is 1. The molecule has 1 amide bonds. The highest BCUT2D eigenvalue weighted by Crippen LogP contribution is 2.30. The monoisotopic (exact) mass is 354 g/mol. The van der Waals surface area contributed by atoms with E-state index < -0.39 is 5.91 Å². The van der Waals surface area contributed by atoms with Crippen LogP contribution in [0, 0.1) is 11.3 Å². The first-order valence-electron chi connectivity index (χ1n) is 7.52. The first-order valence-corrected chi connectivity index (χ1v) is 8.40. The third-order valence-corrected chi connectivity index (χ3v) is 4.07. The van der Waals surface area contributed by atoms with E-state index in [-0.39, 0.29) is 5.57 Å². The van der Waals surface area contributed by atoms with Crippen LogP contribution in [0.3, 0.4) is 0 Å². The maximum Gasteiger partial charge on any atom is 0.262 e. The molecule has 0 fully saturated rings. The molecule has 0 atom stereocenters. The molecule has 2 rings (SSSR count). The molecular formula is C19H18N2O3S. The number of nitrogens with zero attached hydrogens (tertiary/aromatic N) is 1. The Morgan fingerprint density at radius 3 is 2.88 bits per heavy atom. The van der Waals surface area contributed by atoms with E-state index in [1.54, 1.807) is 42.7 Å². The van der Waals surface area contributed by atoms with Gasteiger partial charge in [-0.1, -0.05) is 18.2 Å². The topological polar surface area (TPSA) is 71.4 Å². The summed E-state index contributed by atoms with van der Waals surface area (Å²) in [6, 6.07) is 11.1. The summed E-state index contributed by atoms with van der Waals surface area (Å²) < 4.78 is 11.1. The zero-order chi connectivity index (χ0) is 18.1. The second-order valence-corrected chi connectivity index (χ2v) is 5.98. The van der Waals surface area contributed by atoms with Crippen LogP contribution in [0.4, 0.5) is 0 Å². The molecule has 6 heteroatoms. The number of nitrogens with one attached hydrogen (secondary N) is 1. The maximum atomic E-state index is 11.9. The van der Waals surface area contributed by atoms with Crippen LogP contribution in [-0.2, 0) is 11.4 Å². The van der Waals surface area contributed by atoms with Crippen molar-refractivity contribution >= 4 is 23.3 Å². The number of carbonyl (C=O) groups excluding carboxylic acids is 1. The lowest BCUT2D eigenvalue weighted by Crippen LogP contribution is -2.24. The van der Waals surface area contributed by atoms with Gasteiger partial charge in [-0.05, 0) is 35.2 Å². The summed E-state index contributed by atoms with van der Waals surface area (Å²) in [6.45, 7) is 4.28. The molecule has 0 aliphatic carbocycles. The summed E-state index contributed by atoms with van der Waals surface area (Å²) in [7, 11) is 1.54. The van der Waals surface area contributed by atoms with Crippen LogP contribution < -0.4 is 14.8 Å². The molecule has 1 N–H and O–H groups in total. The SMILES string of the molecule is C=CCNC(=O)/C(C#N)=C/c1ccc(OCc2cccs2)c(OC)c1. The lowest BCUT2D eigenvalue weighted by atomic mass is 10.1. The minimum Gasteiger partial charge on any atom is -0.493 e. The van der Waals surface area contributed by atoms with Crippen LogP contribution in [0.15, 0.2) is 53.9 Å². The Bertz CT molecular complexity index is 805. The van der Waals surface area contributed by atoms with Gasteiger partial charge in [0.1, 0.15) is 18.2 Å². The minimum atomic E-state index is -0.445. The number of hydrogen-bond donors (Lipinski definition) is 1. The number of amides is 1. The van der Waals surface area contributed by atoms with E-state index in [0.29, 0.717) is 30.2 Å². The fourth-order valence-corrected chi connectivity index (χ4v) is 2.63. The molecule has 1 heterocycles. The second kappa shape index (κ2) is 9.30.